The lowest BCUT2D eigenvalue weighted by molar-refractivity contribution is 0.446. The largest absolute Gasteiger partial charge is 0.467 e. The van der Waals surface area contributed by atoms with Gasteiger partial charge in [0.05, 0.1) is 18.8 Å². The summed E-state index contributed by atoms with van der Waals surface area (Å²) in [5.41, 5.74) is 3.93. The number of thioether (sulfide) groups is 1. The average molecular weight is 300 g/mol. The quantitative estimate of drug-likeness (QED) is 0.931. The van der Waals surface area contributed by atoms with Gasteiger partial charge in [-0.15, -0.1) is 0 Å². The Morgan fingerprint density at radius 2 is 2.10 bits per heavy atom. The summed E-state index contributed by atoms with van der Waals surface area (Å²) in [6.07, 6.45) is 2.63. The predicted octanol–water partition coefficient (Wildman–Crippen LogP) is 3.87. The topological polar surface area (TPSA) is 37.5 Å². The first-order chi connectivity index (χ1) is 10.2. The van der Waals surface area contributed by atoms with Crippen LogP contribution in [0, 0.1) is 13.8 Å². The molecule has 21 heavy (non-hydrogen) atoms. The molecule has 110 valence electrons. The zero-order chi connectivity index (χ0) is 14.7. The van der Waals surface area contributed by atoms with Crippen LogP contribution in [0.4, 0.5) is 0 Å². The fraction of sp³-hybridized carbons (Fsp3) is 0.353. The zero-order valence-corrected chi connectivity index (χ0v) is 13.2. The summed E-state index contributed by atoms with van der Waals surface area (Å²) in [6, 6.07) is 10.8. The Hall–Kier alpha value is -1.68. The van der Waals surface area contributed by atoms with Gasteiger partial charge in [0.15, 0.2) is 5.17 Å². The minimum absolute atomic E-state index is 0.130. The van der Waals surface area contributed by atoms with Gasteiger partial charge in [0.2, 0.25) is 0 Å². The van der Waals surface area contributed by atoms with Crippen LogP contribution in [0.15, 0.2) is 46.0 Å². The molecule has 1 aliphatic heterocycles. The molecule has 2 heterocycles. The maximum atomic E-state index is 5.61. The van der Waals surface area contributed by atoms with E-state index in [-0.39, 0.29) is 6.04 Å². The molecule has 0 saturated carbocycles. The van der Waals surface area contributed by atoms with Crippen molar-refractivity contribution in [1.29, 1.82) is 0 Å². The smallest absolute Gasteiger partial charge is 0.157 e. The van der Waals surface area contributed by atoms with Crippen molar-refractivity contribution >= 4 is 16.9 Å². The molecule has 2 aromatic rings. The third-order valence-corrected chi connectivity index (χ3v) is 4.40. The summed E-state index contributed by atoms with van der Waals surface area (Å²) in [5, 5.41) is 4.55. The first kappa shape index (κ1) is 14.3. The normalized spacial score (nSPS) is 15.8. The summed E-state index contributed by atoms with van der Waals surface area (Å²) in [4.78, 5) is 4.49. The highest BCUT2D eigenvalue weighted by atomic mass is 32.2. The first-order valence-corrected chi connectivity index (χ1v) is 8.23. The number of hydrogen-bond donors (Lipinski definition) is 1. The number of benzene rings is 1. The monoisotopic (exact) mass is 300 g/mol. The van der Waals surface area contributed by atoms with Gasteiger partial charge >= 0.3 is 0 Å². The SMILES string of the molecule is Cc1cc(C)cc(CC(NC2=NCCS2)c2ccco2)c1. The molecule has 4 heteroatoms. The van der Waals surface area contributed by atoms with Crippen molar-refractivity contribution in [2.75, 3.05) is 12.3 Å². The molecule has 0 aliphatic carbocycles. The number of aryl methyl sites for hydroxylation is 2. The standard InChI is InChI=1S/C17H20N2OS/c1-12-8-13(2)10-14(9-12)11-15(16-4-3-6-20-16)19-17-18-5-7-21-17/h3-4,6,8-10,15H,5,7,11H2,1-2H3,(H,18,19). The Labute approximate surface area is 129 Å². The molecule has 3 nitrogen and oxygen atoms in total. The number of hydrogen-bond acceptors (Lipinski definition) is 4. The Morgan fingerprint density at radius 3 is 2.71 bits per heavy atom. The number of aliphatic imine (C=N–C) groups is 1. The van der Waals surface area contributed by atoms with Gasteiger partial charge < -0.3 is 9.73 Å². The Bertz CT molecular complexity index is 614. The minimum Gasteiger partial charge on any atom is -0.467 e. The maximum absolute atomic E-state index is 5.61. The van der Waals surface area contributed by atoms with E-state index in [1.165, 1.54) is 16.7 Å². The van der Waals surface area contributed by atoms with Crippen LogP contribution in [0.25, 0.3) is 0 Å². The maximum Gasteiger partial charge on any atom is 0.157 e. The lowest BCUT2D eigenvalue weighted by atomic mass is 10.00. The van der Waals surface area contributed by atoms with E-state index in [9.17, 15) is 0 Å². The Balaban J connectivity index is 1.81. The number of nitrogens with zero attached hydrogens (tertiary/aromatic N) is 1. The molecule has 1 unspecified atom stereocenters. The van der Waals surface area contributed by atoms with Crippen LogP contribution >= 0.6 is 11.8 Å². The second kappa shape index (κ2) is 6.39. The summed E-state index contributed by atoms with van der Waals surface area (Å²) in [6.45, 7) is 5.19. The van der Waals surface area contributed by atoms with E-state index in [2.05, 4.69) is 42.4 Å². The highest BCUT2D eigenvalue weighted by molar-refractivity contribution is 8.14. The minimum atomic E-state index is 0.130. The van der Waals surface area contributed by atoms with Crippen molar-refractivity contribution in [3.8, 4) is 0 Å². The molecule has 0 amide bonds. The highest BCUT2D eigenvalue weighted by Crippen LogP contribution is 2.23. The van der Waals surface area contributed by atoms with Crippen molar-refractivity contribution in [2.24, 2.45) is 4.99 Å². The number of nitrogens with one attached hydrogen (secondary N) is 1. The van der Waals surface area contributed by atoms with Crippen molar-refractivity contribution in [1.82, 2.24) is 5.32 Å². The summed E-state index contributed by atoms with van der Waals surface area (Å²) in [7, 11) is 0. The fourth-order valence-corrected chi connectivity index (χ4v) is 3.49. The second-order valence-electron chi connectivity index (χ2n) is 5.45. The highest BCUT2D eigenvalue weighted by Gasteiger charge is 2.19. The molecule has 1 N–H and O–H groups in total. The van der Waals surface area contributed by atoms with Crippen LogP contribution in [0.2, 0.25) is 0 Å². The van der Waals surface area contributed by atoms with E-state index in [1.54, 1.807) is 18.0 Å². The molecule has 0 spiro atoms. The van der Waals surface area contributed by atoms with Gasteiger partial charge in [-0.1, -0.05) is 41.1 Å². The van der Waals surface area contributed by atoms with E-state index in [0.717, 1.165) is 29.6 Å². The average Bonchev–Trinajstić information content (AvgIpc) is 3.10. The van der Waals surface area contributed by atoms with Crippen LogP contribution in [0.3, 0.4) is 0 Å². The molecule has 1 aromatic carbocycles. The van der Waals surface area contributed by atoms with E-state index in [4.69, 9.17) is 4.42 Å². The molecule has 1 aliphatic rings. The fourth-order valence-electron chi connectivity index (χ4n) is 2.71. The van der Waals surface area contributed by atoms with Crippen molar-refractivity contribution in [2.45, 2.75) is 26.3 Å². The second-order valence-corrected chi connectivity index (χ2v) is 6.53. The molecule has 0 bridgehead atoms. The van der Waals surface area contributed by atoms with Gasteiger partial charge in [0.1, 0.15) is 5.76 Å². The van der Waals surface area contributed by atoms with Gasteiger partial charge in [0, 0.05) is 5.75 Å². The van der Waals surface area contributed by atoms with Gasteiger partial charge in [-0.25, -0.2) is 0 Å². The number of amidine groups is 1. The van der Waals surface area contributed by atoms with Crippen molar-refractivity contribution < 1.29 is 4.42 Å². The molecule has 0 saturated heterocycles. The zero-order valence-electron chi connectivity index (χ0n) is 12.4. The number of furan rings is 1. The lowest BCUT2D eigenvalue weighted by Crippen LogP contribution is -2.26. The van der Waals surface area contributed by atoms with Gasteiger partial charge in [-0.3, -0.25) is 4.99 Å². The summed E-state index contributed by atoms with van der Waals surface area (Å²) in [5.74, 6) is 2.03. The van der Waals surface area contributed by atoms with E-state index in [1.807, 2.05) is 12.1 Å². The first-order valence-electron chi connectivity index (χ1n) is 7.25. The van der Waals surface area contributed by atoms with Crippen LogP contribution in [0.5, 0.6) is 0 Å². The molecular formula is C17H20N2OS. The summed E-state index contributed by atoms with van der Waals surface area (Å²) < 4.78 is 5.61. The van der Waals surface area contributed by atoms with Gasteiger partial charge in [0.25, 0.3) is 0 Å². The summed E-state index contributed by atoms with van der Waals surface area (Å²) >= 11 is 1.78. The molecular weight excluding hydrogens is 280 g/mol. The predicted molar refractivity (Wildman–Crippen MR) is 89.0 cm³/mol. The molecule has 1 atom stereocenters. The van der Waals surface area contributed by atoms with E-state index >= 15 is 0 Å². The van der Waals surface area contributed by atoms with Gasteiger partial charge in [-0.05, 0) is 38.0 Å². The van der Waals surface area contributed by atoms with Crippen LogP contribution in [-0.4, -0.2) is 17.5 Å². The van der Waals surface area contributed by atoms with Crippen LogP contribution in [0.1, 0.15) is 28.5 Å². The van der Waals surface area contributed by atoms with Crippen LogP contribution in [-0.2, 0) is 6.42 Å². The van der Waals surface area contributed by atoms with Crippen molar-refractivity contribution in [3.63, 3.8) is 0 Å². The number of rotatable bonds is 4. The van der Waals surface area contributed by atoms with Crippen molar-refractivity contribution in [3.05, 3.63) is 59.0 Å². The van der Waals surface area contributed by atoms with E-state index < -0.39 is 0 Å². The van der Waals surface area contributed by atoms with Gasteiger partial charge in [-0.2, -0.15) is 0 Å². The Kier molecular flexibility index (Phi) is 4.34. The molecule has 1 aromatic heterocycles. The molecule has 0 fully saturated rings. The lowest BCUT2D eigenvalue weighted by Gasteiger charge is -2.18. The van der Waals surface area contributed by atoms with Crippen LogP contribution < -0.4 is 5.32 Å². The third kappa shape index (κ3) is 3.70. The van der Waals surface area contributed by atoms with E-state index in [0.29, 0.717) is 0 Å². The Morgan fingerprint density at radius 1 is 1.29 bits per heavy atom. The molecule has 3 rings (SSSR count). The molecule has 0 radical (unpaired) electrons. The third-order valence-electron chi connectivity index (χ3n) is 3.49.